The Bertz CT molecular complexity index is 205. The monoisotopic (exact) mass is 140 g/mol. The molecule has 5 nitrogen and oxygen atoms in total. The van der Waals surface area contributed by atoms with Gasteiger partial charge >= 0.3 is 0 Å². The van der Waals surface area contributed by atoms with Gasteiger partial charge in [0.1, 0.15) is 0 Å². The molecular formula is C5H8N4O. The Morgan fingerprint density at radius 3 is 3.10 bits per heavy atom. The van der Waals surface area contributed by atoms with E-state index >= 15 is 0 Å². The van der Waals surface area contributed by atoms with Crippen LogP contribution in [-0.2, 0) is 11.2 Å². The molecule has 0 aliphatic rings. The van der Waals surface area contributed by atoms with Gasteiger partial charge in [-0.1, -0.05) is 0 Å². The lowest BCUT2D eigenvalue weighted by molar-refractivity contribution is -0.118. The molecule has 0 aliphatic heterocycles. The third kappa shape index (κ3) is 1.85. The number of amides is 1. The average Bonchev–Trinajstić information content (AvgIpc) is 2.34. The number of primary amides is 1. The Morgan fingerprint density at radius 2 is 2.60 bits per heavy atom. The molecule has 5 heteroatoms. The smallest absolute Gasteiger partial charge is 0.217 e. The fraction of sp³-hybridized carbons (Fsp3) is 0.400. The number of nitrogens with two attached hydrogens (primary N) is 1. The third-order valence-corrected chi connectivity index (χ3v) is 1.09. The summed E-state index contributed by atoms with van der Waals surface area (Å²) in [5.74, 6) is -0.317. The normalized spacial score (nSPS) is 9.60. The van der Waals surface area contributed by atoms with Crippen LogP contribution in [0, 0.1) is 0 Å². The molecule has 3 N–H and O–H groups in total. The van der Waals surface area contributed by atoms with Crippen molar-refractivity contribution in [3.8, 4) is 0 Å². The molecule has 10 heavy (non-hydrogen) atoms. The number of rotatable bonds is 3. The summed E-state index contributed by atoms with van der Waals surface area (Å²) < 4.78 is 0. The van der Waals surface area contributed by atoms with Gasteiger partial charge in [-0.2, -0.15) is 15.4 Å². The van der Waals surface area contributed by atoms with Crippen molar-refractivity contribution in [3.63, 3.8) is 0 Å². The van der Waals surface area contributed by atoms with Gasteiger partial charge in [-0.15, -0.1) is 0 Å². The zero-order valence-corrected chi connectivity index (χ0v) is 5.37. The van der Waals surface area contributed by atoms with Crippen molar-refractivity contribution in [2.24, 2.45) is 5.73 Å². The van der Waals surface area contributed by atoms with E-state index in [-0.39, 0.29) is 5.91 Å². The molecule has 0 fully saturated rings. The van der Waals surface area contributed by atoms with Crippen molar-refractivity contribution in [3.05, 3.63) is 11.9 Å². The molecule has 54 valence electrons. The maximum Gasteiger partial charge on any atom is 0.217 e. The van der Waals surface area contributed by atoms with Crippen LogP contribution in [0.5, 0.6) is 0 Å². The first-order valence-corrected chi connectivity index (χ1v) is 2.92. The minimum Gasteiger partial charge on any atom is -0.370 e. The molecule has 0 aliphatic carbocycles. The second-order valence-electron chi connectivity index (χ2n) is 1.93. The molecular weight excluding hydrogens is 132 g/mol. The first kappa shape index (κ1) is 6.73. The molecule has 0 unspecified atom stereocenters. The van der Waals surface area contributed by atoms with E-state index in [0.29, 0.717) is 12.8 Å². The zero-order valence-electron chi connectivity index (χ0n) is 5.37. The molecule has 0 spiro atoms. The van der Waals surface area contributed by atoms with Crippen LogP contribution in [0.4, 0.5) is 0 Å². The van der Waals surface area contributed by atoms with Crippen LogP contribution < -0.4 is 5.73 Å². The predicted octanol–water partition coefficient (Wildman–Crippen LogP) is -0.777. The zero-order chi connectivity index (χ0) is 7.40. The molecule has 0 saturated heterocycles. The lowest BCUT2D eigenvalue weighted by atomic mass is 10.2. The molecule has 1 aromatic rings. The lowest BCUT2D eigenvalue weighted by Gasteiger charge is -1.88. The summed E-state index contributed by atoms with van der Waals surface area (Å²) in [6.07, 6.45) is 2.46. The minimum atomic E-state index is -0.317. The van der Waals surface area contributed by atoms with Gasteiger partial charge < -0.3 is 5.73 Å². The van der Waals surface area contributed by atoms with Gasteiger partial charge in [0.25, 0.3) is 0 Å². The van der Waals surface area contributed by atoms with Gasteiger partial charge in [0.05, 0.1) is 11.9 Å². The van der Waals surface area contributed by atoms with E-state index in [2.05, 4.69) is 15.4 Å². The van der Waals surface area contributed by atoms with Crippen LogP contribution in [0.1, 0.15) is 12.1 Å². The molecule has 1 aromatic heterocycles. The Balaban J connectivity index is 2.35. The number of carbonyl (C=O) groups is 1. The van der Waals surface area contributed by atoms with Crippen molar-refractivity contribution in [1.29, 1.82) is 0 Å². The van der Waals surface area contributed by atoms with E-state index in [1.54, 1.807) is 6.20 Å². The number of aromatic amines is 1. The topological polar surface area (TPSA) is 84.7 Å². The number of hydrogen-bond acceptors (Lipinski definition) is 3. The Morgan fingerprint density at radius 1 is 1.80 bits per heavy atom. The van der Waals surface area contributed by atoms with Crippen LogP contribution in [0.15, 0.2) is 6.20 Å². The van der Waals surface area contributed by atoms with E-state index in [1.807, 2.05) is 0 Å². The summed E-state index contributed by atoms with van der Waals surface area (Å²) in [7, 11) is 0. The third-order valence-electron chi connectivity index (χ3n) is 1.09. The molecule has 0 atom stereocenters. The molecule has 1 amide bonds. The van der Waals surface area contributed by atoms with Gasteiger partial charge in [-0.3, -0.25) is 4.79 Å². The summed E-state index contributed by atoms with van der Waals surface area (Å²) in [6, 6.07) is 0. The number of nitrogens with one attached hydrogen (secondary N) is 1. The molecule has 0 radical (unpaired) electrons. The number of nitrogens with zero attached hydrogens (tertiary/aromatic N) is 2. The summed E-state index contributed by atoms with van der Waals surface area (Å²) in [5.41, 5.74) is 5.67. The molecule has 0 saturated carbocycles. The Hall–Kier alpha value is -1.39. The van der Waals surface area contributed by atoms with Crippen LogP contribution in [0.25, 0.3) is 0 Å². The summed E-state index contributed by atoms with van der Waals surface area (Å²) in [6.45, 7) is 0. The maximum absolute atomic E-state index is 10.3. The quantitative estimate of drug-likeness (QED) is 0.577. The minimum absolute atomic E-state index is 0.317. The molecule has 1 heterocycles. The lowest BCUT2D eigenvalue weighted by Crippen LogP contribution is -2.11. The highest BCUT2D eigenvalue weighted by atomic mass is 16.1. The SMILES string of the molecule is NC(=O)CCc1cn[nH]n1. The summed E-state index contributed by atoms with van der Waals surface area (Å²) in [5, 5.41) is 9.76. The number of H-pyrrole nitrogens is 1. The van der Waals surface area contributed by atoms with Crippen LogP contribution >= 0.6 is 0 Å². The second-order valence-corrected chi connectivity index (χ2v) is 1.93. The van der Waals surface area contributed by atoms with Crippen molar-refractivity contribution < 1.29 is 4.79 Å². The van der Waals surface area contributed by atoms with Gasteiger partial charge in [0, 0.05) is 12.8 Å². The first-order valence-electron chi connectivity index (χ1n) is 2.92. The summed E-state index contributed by atoms with van der Waals surface area (Å²) >= 11 is 0. The van der Waals surface area contributed by atoms with E-state index in [4.69, 9.17) is 5.73 Å². The van der Waals surface area contributed by atoms with Gasteiger partial charge in [0.15, 0.2) is 0 Å². The number of carbonyl (C=O) groups excluding carboxylic acids is 1. The van der Waals surface area contributed by atoms with E-state index < -0.39 is 0 Å². The second kappa shape index (κ2) is 2.95. The van der Waals surface area contributed by atoms with E-state index in [0.717, 1.165) is 5.69 Å². The number of hydrogen-bond donors (Lipinski definition) is 2. The molecule has 0 bridgehead atoms. The predicted molar refractivity (Wildman–Crippen MR) is 33.9 cm³/mol. The van der Waals surface area contributed by atoms with Crippen molar-refractivity contribution in [2.45, 2.75) is 12.8 Å². The fourth-order valence-corrected chi connectivity index (χ4v) is 0.597. The highest BCUT2D eigenvalue weighted by Gasteiger charge is 1.98. The van der Waals surface area contributed by atoms with E-state index in [1.165, 1.54) is 0 Å². The Labute approximate surface area is 57.6 Å². The van der Waals surface area contributed by atoms with E-state index in [9.17, 15) is 4.79 Å². The fourth-order valence-electron chi connectivity index (χ4n) is 0.597. The van der Waals surface area contributed by atoms with Crippen molar-refractivity contribution in [2.75, 3.05) is 0 Å². The molecule has 0 aromatic carbocycles. The molecule has 1 rings (SSSR count). The highest BCUT2D eigenvalue weighted by molar-refractivity contribution is 5.73. The van der Waals surface area contributed by atoms with Gasteiger partial charge in [-0.25, -0.2) is 0 Å². The maximum atomic E-state index is 10.3. The standard InChI is InChI=1S/C5H8N4O/c6-5(10)2-1-4-3-7-9-8-4/h3H,1-2H2,(H2,6,10)(H,7,8,9). The summed E-state index contributed by atoms with van der Waals surface area (Å²) in [4.78, 5) is 10.3. The van der Waals surface area contributed by atoms with Crippen LogP contribution in [-0.4, -0.2) is 21.3 Å². The average molecular weight is 140 g/mol. The largest absolute Gasteiger partial charge is 0.370 e. The van der Waals surface area contributed by atoms with Gasteiger partial charge in [0.2, 0.25) is 5.91 Å². The number of aromatic nitrogens is 3. The number of aryl methyl sites for hydroxylation is 1. The highest BCUT2D eigenvalue weighted by Crippen LogP contribution is 1.93. The first-order chi connectivity index (χ1) is 4.79. The van der Waals surface area contributed by atoms with Gasteiger partial charge in [-0.05, 0) is 0 Å². The van der Waals surface area contributed by atoms with Crippen molar-refractivity contribution >= 4 is 5.91 Å². The van der Waals surface area contributed by atoms with Crippen LogP contribution in [0.3, 0.4) is 0 Å². The van der Waals surface area contributed by atoms with Crippen LogP contribution in [0.2, 0.25) is 0 Å². The van der Waals surface area contributed by atoms with Crippen molar-refractivity contribution in [1.82, 2.24) is 15.4 Å². The Kier molecular flexibility index (Phi) is 1.99.